The Labute approximate surface area is 88.3 Å². The zero-order valence-electron chi connectivity index (χ0n) is 8.59. The summed E-state index contributed by atoms with van der Waals surface area (Å²) in [6.45, 7) is 4.05. The van der Waals surface area contributed by atoms with Crippen LogP contribution in [0.15, 0.2) is 0 Å². The van der Waals surface area contributed by atoms with E-state index in [1.54, 1.807) is 4.90 Å². The molecule has 1 amide bonds. The minimum atomic E-state index is -0.362. The number of aliphatic hydroxyl groups excluding tert-OH is 1. The van der Waals surface area contributed by atoms with Gasteiger partial charge in [-0.1, -0.05) is 0 Å². The molecule has 2 fully saturated rings. The molecule has 6 heteroatoms. The van der Waals surface area contributed by atoms with E-state index in [0.717, 1.165) is 13.1 Å². The van der Waals surface area contributed by atoms with Crippen LogP contribution in [0.5, 0.6) is 0 Å². The van der Waals surface area contributed by atoms with Crippen LogP contribution in [0.1, 0.15) is 0 Å². The molecule has 0 aromatic carbocycles. The molecule has 2 heterocycles. The van der Waals surface area contributed by atoms with E-state index in [9.17, 15) is 4.79 Å². The Morgan fingerprint density at radius 2 is 2.13 bits per heavy atom. The maximum Gasteiger partial charge on any atom is 0.411 e. The summed E-state index contributed by atoms with van der Waals surface area (Å²) in [7, 11) is 0. The fourth-order valence-corrected chi connectivity index (χ4v) is 1.77. The van der Waals surface area contributed by atoms with Crippen LogP contribution in [0.25, 0.3) is 0 Å². The monoisotopic (exact) mass is 216 g/mol. The summed E-state index contributed by atoms with van der Waals surface area (Å²) in [6.07, 6.45) is -0.695. The molecule has 0 aromatic rings. The molecular weight excluding hydrogens is 200 g/mol. The second-order valence-electron chi connectivity index (χ2n) is 3.78. The first-order valence-corrected chi connectivity index (χ1v) is 5.16. The maximum atomic E-state index is 11.4. The van der Waals surface area contributed by atoms with Crippen molar-refractivity contribution in [3.63, 3.8) is 0 Å². The van der Waals surface area contributed by atoms with E-state index in [0.29, 0.717) is 26.4 Å². The highest BCUT2D eigenvalue weighted by molar-refractivity contribution is 5.69. The topological polar surface area (TPSA) is 62.2 Å². The Morgan fingerprint density at radius 3 is 2.73 bits per heavy atom. The molecule has 1 N–H and O–H groups in total. The van der Waals surface area contributed by atoms with Gasteiger partial charge in [-0.25, -0.2) is 4.79 Å². The summed E-state index contributed by atoms with van der Waals surface area (Å²) in [5.41, 5.74) is 0. The van der Waals surface area contributed by atoms with Gasteiger partial charge < -0.3 is 14.6 Å². The summed E-state index contributed by atoms with van der Waals surface area (Å²) in [5, 5.41) is 8.87. The molecule has 0 aliphatic carbocycles. The Bertz CT molecular complexity index is 230. The number of aliphatic hydroxyl groups is 1. The van der Waals surface area contributed by atoms with E-state index in [-0.39, 0.29) is 18.8 Å². The molecule has 0 saturated carbocycles. The number of hydrogen-bond donors (Lipinski definition) is 1. The number of rotatable bonds is 3. The van der Waals surface area contributed by atoms with Crippen LogP contribution < -0.4 is 0 Å². The number of morpholine rings is 1. The lowest BCUT2D eigenvalue weighted by Crippen LogP contribution is -2.44. The van der Waals surface area contributed by atoms with Crippen molar-refractivity contribution in [3.8, 4) is 0 Å². The van der Waals surface area contributed by atoms with Gasteiger partial charge in [0.2, 0.25) is 0 Å². The third-order valence-electron chi connectivity index (χ3n) is 2.63. The third kappa shape index (κ3) is 2.58. The minimum Gasteiger partial charge on any atom is -0.442 e. The van der Waals surface area contributed by atoms with Gasteiger partial charge in [0.1, 0.15) is 6.10 Å². The van der Waals surface area contributed by atoms with Crippen LogP contribution in [0.2, 0.25) is 0 Å². The smallest absolute Gasteiger partial charge is 0.411 e. The van der Waals surface area contributed by atoms with Gasteiger partial charge >= 0.3 is 6.09 Å². The maximum absolute atomic E-state index is 11.4. The number of cyclic esters (lactones) is 1. The van der Waals surface area contributed by atoms with Crippen molar-refractivity contribution in [3.05, 3.63) is 0 Å². The fraction of sp³-hybridized carbons (Fsp3) is 0.889. The average Bonchev–Trinajstić information content (AvgIpc) is 2.61. The minimum absolute atomic E-state index is 0.106. The molecule has 2 rings (SSSR count). The van der Waals surface area contributed by atoms with Crippen LogP contribution >= 0.6 is 0 Å². The van der Waals surface area contributed by atoms with E-state index in [1.165, 1.54) is 0 Å². The quantitative estimate of drug-likeness (QED) is 0.661. The number of ether oxygens (including phenoxy) is 2. The first kappa shape index (κ1) is 10.7. The van der Waals surface area contributed by atoms with Gasteiger partial charge in [0.05, 0.1) is 33.0 Å². The van der Waals surface area contributed by atoms with Gasteiger partial charge in [0.25, 0.3) is 0 Å². The molecule has 1 atom stereocenters. The summed E-state index contributed by atoms with van der Waals surface area (Å²) in [4.78, 5) is 15.1. The van der Waals surface area contributed by atoms with Gasteiger partial charge in [-0.2, -0.15) is 0 Å². The van der Waals surface area contributed by atoms with Gasteiger partial charge in [0.15, 0.2) is 0 Å². The van der Waals surface area contributed by atoms with Crippen molar-refractivity contribution in [2.75, 3.05) is 46.1 Å². The summed E-state index contributed by atoms with van der Waals surface area (Å²) < 4.78 is 10.2. The normalized spacial score (nSPS) is 28.2. The number of nitrogens with zero attached hydrogens (tertiary/aromatic N) is 2. The van der Waals surface area contributed by atoms with Crippen molar-refractivity contribution in [2.24, 2.45) is 0 Å². The molecule has 2 saturated heterocycles. The number of carbonyl (C=O) groups is 1. The van der Waals surface area contributed by atoms with E-state index < -0.39 is 0 Å². The molecule has 2 aliphatic heterocycles. The zero-order chi connectivity index (χ0) is 10.7. The summed E-state index contributed by atoms with van der Waals surface area (Å²) in [6, 6.07) is 0. The predicted molar refractivity (Wildman–Crippen MR) is 51.3 cm³/mol. The molecule has 0 bridgehead atoms. The molecule has 0 spiro atoms. The van der Waals surface area contributed by atoms with Crippen molar-refractivity contribution in [2.45, 2.75) is 6.10 Å². The van der Waals surface area contributed by atoms with Crippen LogP contribution in [-0.2, 0) is 9.47 Å². The molecule has 2 aliphatic rings. The zero-order valence-corrected chi connectivity index (χ0v) is 8.59. The largest absolute Gasteiger partial charge is 0.442 e. The van der Waals surface area contributed by atoms with E-state index >= 15 is 0 Å². The third-order valence-corrected chi connectivity index (χ3v) is 2.63. The molecular formula is C9H16N2O4. The standard InChI is InChI=1S/C9H16N2O4/c12-6-8-5-11(9(13)15-8)7-10-1-3-14-4-2-10/h8,12H,1-7H2/t8-/m1/s1. The van der Waals surface area contributed by atoms with Crippen LogP contribution in [0.3, 0.4) is 0 Å². The van der Waals surface area contributed by atoms with Crippen LogP contribution in [0.4, 0.5) is 4.79 Å². The number of amides is 1. The summed E-state index contributed by atoms with van der Waals surface area (Å²) >= 11 is 0. The lowest BCUT2D eigenvalue weighted by atomic mass is 10.4. The van der Waals surface area contributed by atoms with Crippen molar-refractivity contribution in [1.82, 2.24) is 9.80 Å². The van der Waals surface area contributed by atoms with Crippen molar-refractivity contribution in [1.29, 1.82) is 0 Å². The van der Waals surface area contributed by atoms with Gasteiger partial charge in [-0.05, 0) is 0 Å². The highest BCUT2D eigenvalue weighted by Crippen LogP contribution is 2.11. The molecule has 15 heavy (non-hydrogen) atoms. The molecule has 0 unspecified atom stereocenters. The van der Waals surface area contributed by atoms with Crippen molar-refractivity contribution < 1.29 is 19.4 Å². The summed E-state index contributed by atoms with van der Waals surface area (Å²) in [5.74, 6) is 0. The second-order valence-corrected chi connectivity index (χ2v) is 3.78. The fourth-order valence-electron chi connectivity index (χ4n) is 1.77. The van der Waals surface area contributed by atoms with Crippen molar-refractivity contribution >= 4 is 6.09 Å². The SMILES string of the molecule is O=C1O[C@@H](CO)CN1CN1CCOCC1. The highest BCUT2D eigenvalue weighted by atomic mass is 16.6. The first-order chi connectivity index (χ1) is 7.29. The number of carbonyl (C=O) groups excluding carboxylic acids is 1. The van der Waals surface area contributed by atoms with Crippen LogP contribution in [-0.4, -0.2) is 73.2 Å². The second kappa shape index (κ2) is 4.78. The lowest BCUT2D eigenvalue weighted by molar-refractivity contribution is 0.0186. The highest BCUT2D eigenvalue weighted by Gasteiger charge is 2.31. The Morgan fingerprint density at radius 1 is 1.40 bits per heavy atom. The van der Waals surface area contributed by atoms with Gasteiger partial charge in [0, 0.05) is 13.1 Å². The predicted octanol–water partition coefficient (Wildman–Crippen LogP) is -0.911. The average molecular weight is 216 g/mol. The Kier molecular flexibility index (Phi) is 3.40. The Hall–Kier alpha value is -0.850. The van der Waals surface area contributed by atoms with E-state index in [1.807, 2.05) is 0 Å². The van der Waals surface area contributed by atoms with E-state index in [2.05, 4.69) is 4.90 Å². The lowest BCUT2D eigenvalue weighted by Gasteiger charge is -2.29. The molecule has 86 valence electrons. The molecule has 6 nitrogen and oxygen atoms in total. The van der Waals surface area contributed by atoms with Crippen LogP contribution in [0, 0.1) is 0 Å². The van der Waals surface area contributed by atoms with E-state index in [4.69, 9.17) is 14.6 Å². The molecule has 0 radical (unpaired) electrons. The number of hydrogen-bond acceptors (Lipinski definition) is 5. The van der Waals surface area contributed by atoms with Gasteiger partial charge in [-0.3, -0.25) is 9.80 Å². The van der Waals surface area contributed by atoms with Gasteiger partial charge in [-0.15, -0.1) is 0 Å². The Balaban J connectivity index is 1.81. The molecule has 0 aromatic heterocycles. The first-order valence-electron chi connectivity index (χ1n) is 5.16.